The normalized spacial score (nSPS) is 11.7. The van der Waals surface area contributed by atoms with Gasteiger partial charge in [-0.05, 0) is 18.6 Å². The molecule has 0 aliphatic heterocycles. The molecule has 62 valence electrons. The first kappa shape index (κ1) is 10.3. The van der Waals surface area contributed by atoms with Crippen LogP contribution in [-0.4, -0.2) is 0 Å². The summed E-state index contributed by atoms with van der Waals surface area (Å²) in [6.45, 7) is 3.59. The molecule has 0 spiro atoms. The first-order chi connectivity index (χ1) is 4.84. The fourth-order valence-electron chi connectivity index (χ4n) is 0.798. The Kier molecular flexibility index (Phi) is 4.66. The molecule has 2 nitrogen and oxygen atoms in total. The maximum absolute atomic E-state index is 5.68. The highest BCUT2D eigenvalue weighted by atomic mass is 35.5. The van der Waals surface area contributed by atoms with Crippen LogP contribution in [0.2, 0.25) is 0 Å². The van der Waals surface area contributed by atoms with Crippen molar-refractivity contribution in [1.82, 2.24) is 0 Å². The maximum atomic E-state index is 5.68. The van der Waals surface area contributed by atoms with Crippen molar-refractivity contribution in [2.24, 2.45) is 5.73 Å². The Morgan fingerprint density at radius 2 is 2.45 bits per heavy atom. The second kappa shape index (κ2) is 4.99. The van der Waals surface area contributed by atoms with Crippen molar-refractivity contribution < 1.29 is 4.42 Å². The van der Waals surface area contributed by atoms with Gasteiger partial charge in [-0.15, -0.1) is 19.0 Å². The van der Waals surface area contributed by atoms with Gasteiger partial charge in [-0.2, -0.15) is 0 Å². The molecule has 0 saturated heterocycles. The molecule has 1 atom stereocenters. The second-order valence-corrected chi connectivity index (χ2v) is 2.15. The zero-order valence-electron chi connectivity index (χ0n) is 6.19. The van der Waals surface area contributed by atoms with Crippen LogP contribution in [0.3, 0.4) is 0 Å². The highest BCUT2D eigenvalue weighted by molar-refractivity contribution is 5.85. The minimum atomic E-state index is -0.0347. The van der Waals surface area contributed by atoms with Gasteiger partial charge in [0.1, 0.15) is 5.76 Å². The van der Waals surface area contributed by atoms with E-state index in [2.05, 4.69) is 6.58 Å². The van der Waals surface area contributed by atoms with Crippen molar-refractivity contribution in [3.63, 3.8) is 0 Å². The number of nitrogens with two attached hydrogens (primary N) is 1. The van der Waals surface area contributed by atoms with Gasteiger partial charge in [-0.25, -0.2) is 0 Å². The number of rotatable bonds is 3. The molecule has 0 aromatic carbocycles. The molecule has 0 saturated carbocycles. The SMILES string of the molecule is C=CC[C@H](N)c1ccco1.Cl. The van der Waals surface area contributed by atoms with E-state index in [4.69, 9.17) is 10.2 Å². The summed E-state index contributed by atoms with van der Waals surface area (Å²) >= 11 is 0. The predicted octanol–water partition coefficient (Wildman–Crippen LogP) is 2.28. The van der Waals surface area contributed by atoms with Gasteiger partial charge in [0, 0.05) is 0 Å². The van der Waals surface area contributed by atoms with Crippen molar-refractivity contribution in [3.05, 3.63) is 36.8 Å². The lowest BCUT2D eigenvalue weighted by Crippen LogP contribution is -2.07. The summed E-state index contributed by atoms with van der Waals surface area (Å²) in [6, 6.07) is 3.67. The molecule has 1 aromatic heterocycles. The molecule has 0 fully saturated rings. The third-order valence-electron chi connectivity index (χ3n) is 1.33. The molecule has 3 heteroatoms. The fourth-order valence-corrected chi connectivity index (χ4v) is 0.798. The molecule has 0 aliphatic rings. The zero-order chi connectivity index (χ0) is 7.40. The van der Waals surface area contributed by atoms with Gasteiger partial charge < -0.3 is 10.2 Å². The Balaban J connectivity index is 0.000001000. The topological polar surface area (TPSA) is 39.2 Å². The quantitative estimate of drug-likeness (QED) is 0.713. The number of halogens is 1. The molecule has 0 unspecified atom stereocenters. The molecule has 0 radical (unpaired) electrons. The first-order valence-electron chi connectivity index (χ1n) is 3.24. The highest BCUT2D eigenvalue weighted by Gasteiger charge is 2.04. The second-order valence-electron chi connectivity index (χ2n) is 2.15. The van der Waals surface area contributed by atoms with Crippen molar-refractivity contribution in [3.8, 4) is 0 Å². The van der Waals surface area contributed by atoms with E-state index in [1.54, 1.807) is 12.3 Å². The molecule has 11 heavy (non-hydrogen) atoms. The maximum Gasteiger partial charge on any atom is 0.120 e. The van der Waals surface area contributed by atoms with E-state index in [0.717, 1.165) is 12.2 Å². The van der Waals surface area contributed by atoms with E-state index >= 15 is 0 Å². The van der Waals surface area contributed by atoms with Crippen LogP contribution in [0.15, 0.2) is 35.5 Å². The standard InChI is InChI=1S/C8H11NO.ClH/c1-2-4-7(9)8-5-3-6-10-8;/h2-3,5-7H,1,4,9H2;1H/t7-;/m0./s1. The van der Waals surface area contributed by atoms with Crippen LogP contribution >= 0.6 is 12.4 Å². The smallest absolute Gasteiger partial charge is 0.120 e. The molecular weight excluding hydrogens is 162 g/mol. The van der Waals surface area contributed by atoms with E-state index in [-0.39, 0.29) is 18.4 Å². The van der Waals surface area contributed by atoms with Crippen LogP contribution in [0.5, 0.6) is 0 Å². The van der Waals surface area contributed by atoms with Gasteiger partial charge >= 0.3 is 0 Å². The highest BCUT2D eigenvalue weighted by Crippen LogP contribution is 2.13. The van der Waals surface area contributed by atoms with Gasteiger partial charge in [0.2, 0.25) is 0 Å². The molecule has 0 aliphatic carbocycles. The van der Waals surface area contributed by atoms with E-state index in [0.29, 0.717) is 0 Å². The summed E-state index contributed by atoms with van der Waals surface area (Å²) in [4.78, 5) is 0. The van der Waals surface area contributed by atoms with Crippen LogP contribution in [0.25, 0.3) is 0 Å². The summed E-state index contributed by atoms with van der Waals surface area (Å²) in [5, 5.41) is 0. The molecular formula is C8H12ClNO. The number of hydrogen-bond acceptors (Lipinski definition) is 2. The van der Waals surface area contributed by atoms with Crippen LogP contribution < -0.4 is 5.73 Å². The van der Waals surface area contributed by atoms with Gasteiger partial charge in [-0.1, -0.05) is 6.08 Å². The Hall–Kier alpha value is -0.730. The van der Waals surface area contributed by atoms with Crippen LogP contribution in [0, 0.1) is 0 Å². The molecule has 0 amide bonds. The van der Waals surface area contributed by atoms with E-state index in [1.165, 1.54) is 0 Å². The summed E-state index contributed by atoms with van der Waals surface area (Å²) < 4.78 is 5.08. The van der Waals surface area contributed by atoms with E-state index in [9.17, 15) is 0 Å². The average molecular weight is 174 g/mol. The van der Waals surface area contributed by atoms with E-state index < -0.39 is 0 Å². The largest absolute Gasteiger partial charge is 0.468 e. The summed E-state index contributed by atoms with van der Waals surface area (Å²) in [5.74, 6) is 0.819. The molecule has 1 rings (SSSR count). The van der Waals surface area contributed by atoms with Crippen molar-refractivity contribution in [1.29, 1.82) is 0 Å². The lowest BCUT2D eigenvalue weighted by Gasteiger charge is -2.02. The number of furan rings is 1. The van der Waals surface area contributed by atoms with Crippen molar-refractivity contribution in [2.75, 3.05) is 0 Å². The van der Waals surface area contributed by atoms with Gasteiger partial charge in [0.15, 0.2) is 0 Å². The molecule has 1 heterocycles. The first-order valence-corrected chi connectivity index (χ1v) is 3.24. The molecule has 0 bridgehead atoms. The van der Waals surface area contributed by atoms with Crippen molar-refractivity contribution in [2.45, 2.75) is 12.5 Å². The molecule has 1 aromatic rings. The van der Waals surface area contributed by atoms with Gasteiger partial charge in [0.25, 0.3) is 0 Å². The summed E-state index contributed by atoms with van der Waals surface area (Å²) in [5.41, 5.74) is 5.68. The van der Waals surface area contributed by atoms with Crippen LogP contribution in [-0.2, 0) is 0 Å². The third-order valence-corrected chi connectivity index (χ3v) is 1.33. The Bertz CT molecular complexity index is 196. The van der Waals surface area contributed by atoms with Crippen molar-refractivity contribution >= 4 is 12.4 Å². The third kappa shape index (κ3) is 2.78. The summed E-state index contributed by atoms with van der Waals surface area (Å²) in [7, 11) is 0. The van der Waals surface area contributed by atoms with Gasteiger partial charge in [-0.3, -0.25) is 0 Å². The minimum Gasteiger partial charge on any atom is -0.468 e. The average Bonchev–Trinajstić information content (AvgIpc) is 2.38. The van der Waals surface area contributed by atoms with Crippen LogP contribution in [0.1, 0.15) is 18.2 Å². The lowest BCUT2D eigenvalue weighted by atomic mass is 10.2. The van der Waals surface area contributed by atoms with Crippen LogP contribution in [0.4, 0.5) is 0 Å². The monoisotopic (exact) mass is 173 g/mol. The van der Waals surface area contributed by atoms with Gasteiger partial charge in [0.05, 0.1) is 12.3 Å². The van der Waals surface area contributed by atoms with E-state index in [1.807, 2.05) is 12.1 Å². The Morgan fingerprint density at radius 1 is 1.73 bits per heavy atom. The minimum absolute atomic E-state index is 0. The lowest BCUT2D eigenvalue weighted by molar-refractivity contribution is 0.467. The Morgan fingerprint density at radius 3 is 2.91 bits per heavy atom. The molecule has 2 N–H and O–H groups in total. The number of hydrogen-bond donors (Lipinski definition) is 1. The zero-order valence-corrected chi connectivity index (χ0v) is 7.01. The predicted molar refractivity (Wildman–Crippen MR) is 47.7 cm³/mol. The summed E-state index contributed by atoms with van der Waals surface area (Å²) in [6.07, 6.45) is 4.17. The fraction of sp³-hybridized carbons (Fsp3) is 0.250. The Labute approximate surface area is 72.5 Å².